The van der Waals surface area contributed by atoms with Gasteiger partial charge < -0.3 is 19.3 Å². The number of rotatable bonds is 6. The van der Waals surface area contributed by atoms with Crippen molar-refractivity contribution in [3.8, 4) is 5.75 Å². The molecule has 168 valence electrons. The van der Waals surface area contributed by atoms with Crippen molar-refractivity contribution >= 4 is 11.7 Å². The Kier molecular flexibility index (Phi) is 6.11. The molecule has 1 aromatic carbocycles. The topological polar surface area (TPSA) is 59.1 Å². The predicted molar refractivity (Wildman–Crippen MR) is 119 cm³/mol. The molecule has 0 aromatic heterocycles. The van der Waals surface area contributed by atoms with Crippen molar-refractivity contribution in [3.05, 3.63) is 41.2 Å². The number of benzene rings is 1. The van der Waals surface area contributed by atoms with Gasteiger partial charge in [0, 0.05) is 12.1 Å². The largest absolute Gasteiger partial charge is 0.496 e. The van der Waals surface area contributed by atoms with Crippen molar-refractivity contribution in [1.29, 1.82) is 0 Å². The Morgan fingerprint density at radius 3 is 2.55 bits per heavy atom. The molecule has 3 aliphatic rings. The van der Waals surface area contributed by atoms with E-state index in [-0.39, 0.29) is 29.5 Å². The zero-order valence-electron chi connectivity index (χ0n) is 19.3. The van der Waals surface area contributed by atoms with E-state index in [0.29, 0.717) is 29.7 Å². The van der Waals surface area contributed by atoms with Crippen LogP contribution in [0.2, 0.25) is 0 Å². The van der Waals surface area contributed by atoms with E-state index in [2.05, 4.69) is 18.7 Å². The third-order valence-electron chi connectivity index (χ3n) is 7.24. The molecule has 1 aliphatic carbocycles. The van der Waals surface area contributed by atoms with Crippen molar-refractivity contribution in [3.63, 3.8) is 0 Å². The number of hydrogen-bond acceptors (Lipinski definition) is 5. The number of ether oxygens (including phenoxy) is 2. The van der Waals surface area contributed by atoms with Gasteiger partial charge in [-0.2, -0.15) is 0 Å². The second-order valence-electron chi connectivity index (χ2n) is 9.60. The number of Topliss-reactive ketones (excluding diaryl/α,β-unsaturated/α-hetero) is 1. The highest BCUT2D eigenvalue weighted by molar-refractivity contribution is 6.11. The fourth-order valence-corrected chi connectivity index (χ4v) is 5.31. The normalized spacial score (nSPS) is 30.4. The van der Waals surface area contributed by atoms with Crippen LogP contribution >= 0.6 is 0 Å². The zero-order valence-corrected chi connectivity index (χ0v) is 19.3. The number of amides is 1. The van der Waals surface area contributed by atoms with Gasteiger partial charge in [-0.3, -0.25) is 9.59 Å². The molecular formula is C25H34N2O4. The number of carbonyl (C=O) groups is 2. The van der Waals surface area contributed by atoms with Gasteiger partial charge in [0.2, 0.25) is 0 Å². The first-order valence-electron chi connectivity index (χ1n) is 11.4. The fourth-order valence-electron chi connectivity index (χ4n) is 5.31. The summed E-state index contributed by atoms with van der Waals surface area (Å²) >= 11 is 0. The lowest BCUT2D eigenvalue weighted by atomic mass is 9.70. The maximum Gasteiger partial charge on any atom is 0.290 e. The summed E-state index contributed by atoms with van der Waals surface area (Å²) in [5.41, 5.74) is 1.38. The summed E-state index contributed by atoms with van der Waals surface area (Å²) in [6, 6.07) is 7.22. The third-order valence-corrected chi connectivity index (χ3v) is 7.24. The molecule has 6 nitrogen and oxygen atoms in total. The van der Waals surface area contributed by atoms with Gasteiger partial charge in [0.25, 0.3) is 5.91 Å². The van der Waals surface area contributed by atoms with Crippen LogP contribution in [0, 0.1) is 17.8 Å². The Morgan fingerprint density at radius 2 is 1.84 bits per heavy atom. The van der Waals surface area contributed by atoms with Crippen molar-refractivity contribution in [2.75, 3.05) is 34.3 Å². The Hall–Kier alpha value is -2.34. The second-order valence-corrected chi connectivity index (χ2v) is 9.60. The average molecular weight is 427 g/mol. The zero-order chi connectivity index (χ0) is 22.3. The number of carbonyl (C=O) groups excluding carboxylic acids is 2. The minimum atomic E-state index is -0.455. The summed E-state index contributed by atoms with van der Waals surface area (Å²) in [5.74, 6) is 1.66. The first-order valence-corrected chi connectivity index (χ1v) is 11.4. The van der Waals surface area contributed by atoms with E-state index in [1.54, 1.807) is 7.11 Å². The number of methoxy groups -OCH3 is 1. The molecule has 1 amide bonds. The van der Waals surface area contributed by atoms with Crippen molar-refractivity contribution < 1.29 is 19.1 Å². The first-order chi connectivity index (χ1) is 14.8. The summed E-state index contributed by atoms with van der Waals surface area (Å²) < 4.78 is 11.9. The maximum absolute atomic E-state index is 13.8. The van der Waals surface area contributed by atoms with E-state index in [0.717, 1.165) is 31.4 Å². The minimum Gasteiger partial charge on any atom is -0.496 e. The van der Waals surface area contributed by atoms with Crippen molar-refractivity contribution in [1.82, 2.24) is 9.80 Å². The van der Waals surface area contributed by atoms with Gasteiger partial charge in [-0.15, -0.1) is 0 Å². The number of para-hydroxylation sites is 1. The fraction of sp³-hybridized carbons (Fsp3) is 0.600. The average Bonchev–Trinajstić information content (AvgIpc) is 3.01. The third kappa shape index (κ3) is 3.86. The number of ketones is 1. The van der Waals surface area contributed by atoms with Crippen LogP contribution in [0.5, 0.6) is 5.75 Å². The SMILES string of the molecule is COc1ccccc1C1C2=C(OC3CC(C)C(C)CC3C2=O)C(=O)N1CCCN(C)C. The predicted octanol–water partition coefficient (Wildman–Crippen LogP) is 3.43. The van der Waals surface area contributed by atoms with E-state index in [1.807, 2.05) is 43.3 Å². The van der Waals surface area contributed by atoms with Gasteiger partial charge in [0.15, 0.2) is 11.5 Å². The molecule has 6 heteroatoms. The highest BCUT2D eigenvalue weighted by Gasteiger charge is 2.53. The van der Waals surface area contributed by atoms with Crippen LogP contribution in [0.25, 0.3) is 0 Å². The molecule has 2 heterocycles. The highest BCUT2D eigenvalue weighted by atomic mass is 16.5. The maximum atomic E-state index is 13.8. The van der Waals surface area contributed by atoms with Gasteiger partial charge in [0.1, 0.15) is 11.9 Å². The quantitative estimate of drug-likeness (QED) is 0.698. The van der Waals surface area contributed by atoms with Crippen LogP contribution in [-0.4, -0.2) is 61.9 Å². The van der Waals surface area contributed by atoms with E-state index in [1.165, 1.54) is 0 Å². The van der Waals surface area contributed by atoms with Gasteiger partial charge in [0.05, 0.1) is 24.6 Å². The van der Waals surface area contributed by atoms with Crippen LogP contribution in [0.1, 0.15) is 44.7 Å². The van der Waals surface area contributed by atoms with Crippen LogP contribution in [0.3, 0.4) is 0 Å². The molecule has 1 fully saturated rings. The lowest BCUT2D eigenvalue weighted by Gasteiger charge is -2.40. The van der Waals surface area contributed by atoms with E-state index in [9.17, 15) is 9.59 Å². The molecule has 0 radical (unpaired) electrons. The highest BCUT2D eigenvalue weighted by Crippen LogP contribution is 2.49. The number of hydrogen-bond donors (Lipinski definition) is 0. The lowest BCUT2D eigenvalue weighted by molar-refractivity contribution is -0.137. The van der Waals surface area contributed by atoms with E-state index in [4.69, 9.17) is 9.47 Å². The summed E-state index contributed by atoms with van der Waals surface area (Å²) in [5, 5.41) is 0. The van der Waals surface area contributed by atoms with Gasteiger partial charge in [-0.1, -0.05) is 32.0 Å². The molecule has 1 aromatic rings. The monoisotopic (exact) mass is 426 g/mol. The first kappa shape index (κ1) is 21.9. The van der Waals surface area contributed by atoms with E-state index < -0.39 is 6.04 Å². The van der Waals surface area contributed by atoms with Gasteiger partial charge in [-0.25, -0.2) is 0 Å². The van der Waals surface area contributed by atoms with Gasteiger partial charge in [-0.05, 0) is 57.8 Å². The Labute approximate surface area is 185 Å². The summed E-state index contributed by atoms with van der Waals surface area (Å²) in [6.45, 7) is 5.84. The Balaban J connectivity index is 1.74. The smallest absolute Gasteiger partial charge is 0.290 e. The second kappa shape index (κ2) is 8.65. The molecule has 0 spiro atoms. The van der Waals surface area contributed by atoms with Crippen LogP contribution in [0.4, 0.5) is 0 Å². The lowest BCUT2D eigenvalue weighted by Crippen LogP contribution is -2.43. The molecule has 0 N–H and O–H groups in total. The van der Waals surface area contributed by atoms with Crippen LogP contribution in [-0.2, 0) is 14.3 Å². The van der Waals surface area contributed by atoms with E-state index >= 15 is 0 Å². The molecule has 2 aliphatic heterocycles. The number of fused-ring (bicyclic) bond motifs is 1. The standard InChI is InChI=1S/C25H34N2O4/c1-15-13-18-20(14-16(15)2)31-24-21(23(18)28)22(17-9-6-7-10-19(17)30-5)27(25(24)29)12-8-11-26(3)4/h6-7,9-10,15-16,18,20,22H,8,11-14H2,1-5H3. The van der Waals surface area contributed by atoms with Crippen molar-refractivity contribution in [2.45, 2.75) is 45.3 Å². The van der Waals surface area contributed by atoms with Gasteiger partial charge >= 0.3 is 0 Å². The molecule has 0 saturated heterocycles. The summed E-state index contributed by atoms with van der Waals surface area (Å²) in [7, 11) is 5.67. The molecular weight excluding hydrogens is 392 g/mol. The molecule has 5 unspecified atom stereocenters. The van der Waals surface area contributed by atoms with Crippen molar-refractivity contribution in [2.24, 2.45) is 17.8 Å². The Morgan fingerprint density at radius 1 is 1.13 bits per heavy atom. The molecule has 31 heavy (non-hydrogen) atoms. The molecule has 1 saturated carbocycles. The minimum absolute atomic E-state index is 0.0874. The summed E-state index contributed by atoms with van der Waals surface area (Å²) in [4.78, 5) is 31.2. The molecule has 5 atom stereocenters. The Bertz CT molecular complexity index is 893. The molecule has 0 bridgehead atoms. The van der Waals surface area contributed by atoms with Crippen LogP contribution < -0.4 is 4.74 Å². The van der Waals surface area contributed by atoms with Crippen LogP contribution in [0.15, 0.2) is 35.6 Å². The molecule has 4 rings (SSSR count). The number of nitrogens with zero attached hydrogens (tertiary/aromatic N) is 2. The summed E-state index contributed by atoms with van der Waals surface area (Å²) in [6.07, 6.45) is 2.26.